The van der Waals surface area contributed by atoms with Crippen molar-refractivity contribution in [3.8, 4) is 0 Å². The van der Waals surface area contributed by atoms with E-state index in [0.717, 1.165) is 0 Å². The predicted molar refractivity (Wildman–Crippen MR) is 72.6 cm³/mol. The number of anilines is 1. The molecule has 0 spiro atoms. The molecule has 1 heterocycles. The summed E-state index contributed by atoms with van der Waals surface area (Å²) < 4.78 is 0. The molecule has 0 fully saturated rings. The Balaban J connectivity index is 2.29. The van der Waals surface area contributed by atoms with E-state index < -0.39 is 4.92 Å². The van der Waals surface area contributed by atoms with Gasteiger partial charge in [-0.05, 0) is 25.5 Å². The van der Waals surface area contributed by atoms with E-state index in [9.17, 15) is 14.9 Å². The second kappa shape index (κ2) is 5.15. The van der Waals surface area contributed by atoms with Crippen molar-refractivity contribution >= 4 is 28.6 Å². The molecule has 7 heteroatoms. The molecule has 0 saturated heterocycles. The summed E-state index contributed by atoms with van der Waals surface area (Å²) in [5.41, 5.74) is 3.65. The summed E-state index contributed by atoms with van der Waals surface area (Å²) in [7, 11) is 0. The Labute approximate surface area is 113 Å². The Morgan fingerprint density at radius 3 is 2.68 bits per heavy atom. The van der Waals surface area contributed by atoms with Crippen LogP contribution in [0.5, 0.6) is 0 Å². The van der Waals surface area contributed by atoms with Crippen LogP contribution in [0.1, 0.15) is 21.6 Å². The fourth-order valence-electron chi connectivity index (χ4n) is 1.64. The number of aryl methyl sites for hydroxylation is 2. The number of carbonyl (C=O) groups is 1. The number of thiazole rings is 1. The quantitative estimate of drug-likeness (QED) is 0.690. The minimum atomic E-state index is -0.436. The highest BCUT2D eigenvalue weighted by molar-refractivity contribution is 7.07. The molecule has 1 aromatic carbocycles. The monoisotopic (exact) mass is 277 g/mol. The van der Waals surface area contributed by atoms with Crippen LogP contribution >= 0.6 is 11.3 Å². The maximum Gasteiger partial charge on any atom is 0.275 e. The lowest BCUT2D eigenvalue weighted by molar-refractivity contribution is -0.385. The highest BCUT2D eigenvalue weighted by atomic mass is 32.1. The van der Waals surface area contributed by atoms with Crippen LogP contribution in [0.4, 0.5) is 11.4 Å². The highest BCUT2D eigenvalue weighted by Crippen LogP contribution is 2.26. The maximum atomic E-state index is 11.9. The average Bonchev–Trinajstić information content (AvgIpc) is 2.86. The number of aromatic nitrogens is 1. The van der Waals surface area contributed by atoms with Gasteiger partial charge in [0.05, 0.1) is 10.4 Å². The smallest absolute Gasteiger partial charge is 0.275 e. The number of hydrogen-bond acceptors (Lipinski definition) is 5. The van der Waals surface area contributed by atoms with E-state index >= 15 is 0 Å². The number of nitrogens with one attached hydrogen (secondary N) is 1. The third-order valence-corrected chi connectivity index (χ3v) is 3.24. The first-order valence-electron chi connectivity index (χ1n) is 5.44. The van der Waals surface area contributed by atoms with Crippen LogP contribution in [0.25, 0.3) is 0 Å². The van der Waals surface area contributed by atoms with Gasteiger partial charge in [0.1, 0.15) is 5.69 Å². The van der Waals surface area contributed by atoms with Crippen LogP contribution in [-0.2, 0) is 0 Å². The summed E-state index contributed by atoms with van der Waals surface area (Å²) in [6, 6.07) is 3.05. The van der Waals surface area contributed by atoms with E-state index in [0.29, 0.717) is 22.5 Å². The molecule has 2 rings (SSSR count). The summed E-state index contributed by atoms with van der Waals surface area (Å²) in [4.78, 5) is 26.1. The van der Waals surface area contributed by atoms with Crippen molar-refractivity contribution in [1.29, 1.82) is 0 Å². The number of carbonyl (C=O) groups excluding carboxylic acids is 1. The third kappa shape index (κ3) is 2.76. The summed E-state index contributed by atoms with van der Waals surface area (Å²) >= 11 is 1.33. The van der Waals surface area contributed by atoms with Crippen molar-refractivity contribution in [3.63, 3.8) is 0 Å². The molecule has 1 amide bonds. The molecule has 1 aromatic heterocycles. The molecule has 0 unspecified atom stereocenters. The number of amides is 1. The van der Waals surface area contributed by atoms with Gasteiger partial charge in [0, 0.05) is 22.7 Å². The van der Waals surface area contributed by atoms with E-state index in [4.69, 9.17) is 0 Å². The van der Waals surface area contributed by atoms with Crippen LogP contribution in [0.15, 0.2) is 23.0 Å². The van der Waals surface area contributed by atoms with Crippen molar-refractivity contribution in [2.45, 2.75) is 13.8 Å². The Morgan fingerprint density at radius 1 is 1.37 bits per heavy atom. The zero-order chi connectivity index (χ0) is 14.0. The average molecular weight is 277 g/mol. The lowest BCUT2D eigenvalue weighted by Gasteiger charge is -2.08. The van der Waals surface area contributed by atoms with Gasteiger partial charge in [-0.2, -0.15) is 0 Å². The maximum absolute atomic E-state index is 11.9. The first-order valence-corrected chi connectivity index (χ1v) is 6.38. The Kier molecular flexibility index (Phi) is 3.57. The topological polar surface area (TPSA) is 85.1 Å². The van der Waals surface area contributed by atoms with E-state index in [1.807, 2.05) is 0 Å². The molecule has 0 radical (unpaired) electrons. The molecule has 0 aliphatic heterocycles. The molecule has 0 aliphatic carbocycles. The number of hydrogen-bond donors (Lipinski definition) is 1. The highest BCUT2D eigenvalue weighted by Gasteiger charge is 2.15. The number of nitro benzene ring substituents is 1. The van der Waals surface area contributed by atoms with Gasteiger partial charge >= 0.3 is 0 Å². The van der Waals surface area contributed by atoms with Crippen LogP contribution in [-0.4, -0.2) is 15.8 Å². The molecule has 2 aromatic rings. The number of nitrogens with zero attached hydrogens (tertiary/aromatic N) is 2. The summed E-state index contributed by atoms with van der Waals surface area (Å²) in [5.74, 6) is -0.322. The molecule has 19 heavy (non-hydrogen) atoms. The Bertz CT molecular complexity index is 638. The van der Waals surface area contributed by atoms with E-state index in [1.54, 1.807) is 30.8 Å². The molecule has 0 saturated carbocycles. The Morgan fingerprint density at radius 2 is 2.11 bits per heavy atom. The van der Waals surface area contributed by atoms with E-state index in [2.05, 4.69) is 10.3 Å². The zero-order valence-corrected chi connectivity index (χ0v) is 11.2. The lowest BCUT2D eigenvalue weighted by Crippen LogP contribution is -2.13. The molecular weight excluding hydrogens is 266 g/mol. The van der Waals surface area contributed by atoms with Gasteiger partial charge in [0.15, 0.2) is 0 Å². The third-order valence-electron chi connectivity index (χ3n) is 2.65. The minimum Gasteiger partial charge on any atom is -0.320 e. The number of rotatable bonds is 3. The number of nitro groups is 1. The fourth-order valence-corrected chi connectivity index (χ4v) is 2.18. The van der Waals surface area contributed by atoms with Gasteiger partial charge in [-0.15, -0.1) is 11.3 Å². The van der Waals surface area contributed by atoms with Gasteiger partial charge in [0.25, 0.3) is 11.6 Å². The summed E-state index contributed by atoms with van der Waals surface area (Å²) in [6.45, 7) is 3.35. The van der Waals surface area contributed by atoms with Crippen molar-refractivity contribution in [3.05, 3.63) is 50.0 Å². The van der Waals surface area contributed by atoms with Gasteiger partial charge in [-0.3, -0.25) is 14.9 Å². The van der Waals surface area contributed by atoms with Gasteiger partial charge in [-0.1, -0.05) is 0 Å². The molecule has 0 aliphatic rings. The molecular formula is C12H11N3O3S. The van der Waals surface area contributed by atoms with Gasteiger partial charge in [-0.25, -0.2) is 4.98 Å². The van der Waals surface area contributed by atoms with Gasteiger partial charge < -0.3 is 5.32 Å². The lowest BCUT2D eigenvalue weighted by atomic mass is 10.1. The van der Waals surface area contributed by atoms with E-state index in [-0.39, 0.29) is 11.6 Å². The number of benzene rings is 1. The first-order chi connectivity index (χ1) is 8.99. The fraction of sp³-hybridized carbons (Fsp3) is 0.167. The molecule has 98 valence electrons. The van der Waals surface area contributed by atoms with Gasteiger partial charge in [0.2, 0.25) is 0 Å². The summed E-state index contributed by atoms with van der Waals surface area (Å²) in [6.07, 6.45) is 0. The second-order valence-corrected chi connectivity index (χ2v) is 4.76. The largest absolute Gasteiger partial charge is 0.320 e. The summed E-state index contributed by atoms with van der Waals surface area (Å²) in [5, 5.41) is 15.1. The molecule has 0 bridgehead atoms. The van der Waals surface area contributed by atoms with Crippen molar-refractivity contribution in [2.75, 3.05) is 5.32 Å². The second-order valence-electron chi connectivity index (χ2n) is 4.04. The predicted octanol–water partition coefficient (Wildman–Crippen LogP) is 2.92. The SMILES string of the molecule is Cc1cc([N+](=O)[O-])c(C)cc1NC(=O)c1cscn1. The zero-order valence-electron chi connectivity index (χ0n) is 10.3. The van der Waals surface area contributed by atoms with Crippen molar-refractivity contribution in [2.24, 2.45) is 0 Å². The molecule has 0 atom stereocenters. The molecule has 6 nitrogen and oxygen atoms in total. The molecule has 1 N–H and O–H groups in total. The Hall–Kier alpha value is -2.28. The van der Waals surface area contributed by atoms with Crippen molar-refractivity contribution in [1.82, 2.24) is 4.98 Å². The van der Waals surface area contributed by atoms with Crippen LogP contribution in [0.2, 0.25) is 0 Å². The standard InChI is InChI=1S/C12H11N3O3S/c1-7-4-11(15(17)18)8(2)3-9(7)14-12(16)10-5-19-6-13-10/h3-6H,1-2H3,(H,14,16). The van der Waals surface area contributed by atoms with Crippen LogP contribution in [0.3, 0.4) is 0 Å². The normalized spacial score (nSPS) is 10.2. The van der Waals surface area contributed by atoms with Crippen LogP contribution < -0.4 is 5.32 Å². The van der Waals surface area contributed by atoms with E-state index in [1.165, 1.54) is 17.4 Å². The van der Waals surface area contributed by atoms with Crippen molar-refractivity contribution < 1.29 is 9.72 Å². The van der Waals surface area contributed by atoms with Crippen LogP contribution in [0, 0.1) is 24.0 Å². The minimum absolute atomic E-state index is 0.0455. The first kappa shape index (κ1) is 13.2.